The first kappa shape index (κ1) is 14.5. The van der Waals surface area contributed by atoms with Crippen LogP contribution in [0.1, 0.15) is 33.6 Å². The summed E-state index contributed by atoms with van der Waals surface area (Å²) in [5.74, 6) is 0.206. The monoisotopic (exact) mass is 242 g/mol. The fourth-order valence-electron chi connectivity index (χ4n) is 1.75. The summed E-state index contributed by atoms with van der Waals surface area (Å²) in [7, 11) is 1.89. The fraction of sp³-hybridized carbons (Fsp3) is 0.923. The van der Waals surface area contributed by atoms with E-state index >= 15 is 0 Å². The van der Waals surface area contributed by atoms with Gasteiger partial charge < -0.3 is 15.0 Å². The summed E-state index contributed by atoms with van der Waals surface area (Å²) in [6.45, 7) is 9.68. The molecule has 17 heavy (non-hydrogen) atoms. The first-order valence-electron chi connectivity index (χ1n) is 6.43. The highest BCUT2D eigenvalue weighted by atomic mass is 16.5. The first-order chi connectivity index (χ1) is 7.88. The van der Waals surface area contributed by atoms with Crippen LogP contribution in [0.4, 0.5) is 0 Å². The van der Waals surface area contributed by atoms with E-state index < -0.39 is 0 Å². The Morgan fingerprint density at radius 3 is 2.71 bits per heavy atom. The SMILES string of the molecule is CN(CCC(C)(C)C)C(=O)CC1COCCN1. The van der Waals surface area contributed by atoms with Crippen molar-refractivity contribution in [2.45, 2.75) is 39.7 Å². The maximum Gasteiger partial charge on any atom is 0.223 e. The van der Waals surface area contributed by atoms with Crippen LogP contribution in [0.3, 0.4) is 0 Å². The number of nitrogens with one attached hydrogen (secondary N) is 1. The van der Waals surface area contributed by atoms with Crippen molar-refractivity contribution in [3.05, 3.63) is 0 Å². The van der Waals surface area contributed by atoms with E-state index in [1.807, 2.05) is 11.9 Å². The van der Waals surface area contributed by atoms with E-state index in [1.165, 1.54) is 0 Å². The number of rotatable bonds is 4. The molecule has 0 spiro atoms. The summed E-state index contributed by atoms with van der Waals surface area (Å²) in [4.78, 5) is 13.8. The maximum atomic E-state index is 12.0. The van der Waals surface area contributed by atoms with E-state index in [2.05, 4.69) is 26.1 Å². The molecule has 1 aliphatic heterocycles. The number of hydrogen-bond donors (Lipinski definition) is 1. The molecule has 0 aromatic rings. The Labute approximate surface area is 105 Å². The van der Waals surface area contributed by atoms with Gasteiger partial charge in [-0.05, 0) is 11.8 Å². The van der Waals surface area contributed by atoms with E-state index in [-0.39, 0.29) is 17.4 Å². The van der Waals surface area contributed by atoms with Gasteiger partial charge in [0.05, 0.1) is 13.2 Å². The minimum atomic E-state index is 0.188. The summed E-state index contributed by atoms with van der Waals surface area (Å²) < 4.78 is 5.34. The Morgan fingerprint density at radius 2 is 2.18 bits per heavy atom. The third kappa shape index (κ3) is 6.03. The molecule has 0 aromatic heterocycles. The summed E-state index contributed by atoms with van der Waals surface area (Å²) in [5.41, 5.74) is 0.279. The second-order valence-corrected chi connectivity index (χ2v) is 6.06. The lowest BCUT2D eigenvalue weighted by molar-refractivity contribution is -0.131. The summed E-state index contributed by atoms with van der Waals surface area (Å²) in [6, 6.07) is 0.188. The third-order valence-electron chi connectivity index (χ3n) is 3.04. The Hall–Kier alpha value is -0.610. The minimum Gasteiger partial charge on any atom is -0.378 e. The van der Waals surface area contributed by atoms with Gasteiger partial charge in [0.2, 0.25) is 5.91 Å². The highest BCUT2D eigenvalue weighted by molar-refractivity contribution is 5.76. The lowest BCUT2D eigenvalue weighted by atomic mass is 9.92. The van der Waals surface area contributed by atoms with Crippen LogP contribution in [0.5, 0.6) is 0 Å². The van der Waals surface area contributed by atoms with Gasteiger partial charge in [0, 0.05) is 32.6 Å². The number of carbonyl (C=O) groups is 1. The highest BCUT2D eigenvalue weighted by Crippen LogP contribution is 2.18. The molecule has 0 bridgehead atoms. The molecule has 1 atom stereocenters. The van der Waals surface area contributed by atoms with E-state index in [0.29, 0.717) is 13.0 Å². The fourth-order valence-corrected chi connectivity index (χ4v) is 1.75. The number of carbonyl (C=O) groups excluding carboxylic acids is 1. The van der Waals surface area contributed by atoms with Crippen molar-refractivity contribution in [3.8, 4) is 0 Å². The van der Waals surface area contributed by atoms with Gasteiger partial charge in [0.1, 0.15) is 0 Å². The van der Waals surface area contributed by atoms with Crippen molar-refractivity contribution in [2.75, 3.05) is 33.4 Å². The summed E-state index contributed by atoms with van der Waals surface area (Å²) in [5, 5.41) is 3.30. The predicted molar refractivity (Wildman–Crippen MR) is 68.9 cm³/mol. The van der Waals surface area contributed by atoms with Gasteiger partial charge in [0.25, 0.3) is 0 Å². The van der Waals surface area contributed by atoms with Crippen molar-refractivity contribution < 1.29 is 9.53 Å². The van der Waals surface area contributed by atoms with Crippen LogP contribution in [0.2, 0.25) is 0 Å². The maximum absolute atomic E-state index is 12.0. The first-order valence-corrected chi connectivity index (χ1v) is 6.43. The van der Waals surface area contributed by atoms with Crippen LogP contribution in [0, 0.1) is 5.41 Å². The molecule has 4 heteroatoms. The second kappa shape index (κ2) is 6.36. The van der Waals surface area contributed by atoms with Crippen molar-refractivity contribution in [2.24, 2.45) is 5.41 Å². The van der Waals surface area contributed by atoms with Gasteiger partial charge in [-0.3, -0.25) is 4.79 Å². The van der Waals surface area contributed by atoms with Gasteiger partial charge in [0.15, 0.2) is 0 Å². The largest absolute Gasteiger partial charge is 0.378 e. The zero-order chi connectivity index (χ0) is 12.9. The normalized spacial score (nSPS) is 21.3. The molecular weight excluding hydrogens is 216 g/mol. The Bertz CT molecular complexity index is 242. The molecule has 0 radical (unpaired) electrons. The minimum absolute atomic E-state index is 0.188. The number of hydrogen-bond acceptors (Lipinski definition) is 3. The van der Waals surface area contributed by atoms with Crippen molar-refractivity contribution in [1.82, 2.24) is 10.2 Å². The van der Waals surface area contributed by atoms with Gasteiger partial charge in [-0.2, -0.15) is 0 Å². The zero-order valence-corrected chi connectivity index (χ0v) is 11.6. The van der Waals surface area contributed by atoms with Gasteiger partial charge in [-0.15, -0.1) is 0 Å². The predicted octanol–water partition coefficient (Wildman–Crippen LogP) is 1.26. The van der Waals surface area contributed by atoms with Gasteiger partial charge in [-0.25, -0.2) is 0 Å². The molecule has 0 aromatic carbocycles. The highest BCUT2D eigenvalue weighted by Gasteiger charge is 2.20. The molecule has 100 valence electrons. The van der Waals surface area contributed by atoms with Crippen LogP contribution in [0.25, 0.3) is 0 Å². The van der Waals surface area contributed by atoms with Crippen LogP contribution in [-0.4, -0.2) is 50.2 Å². The second-order valence-electron chi connectivity index (χ2n) is 6.06. The summed E-state index contributed by atoms with van der Waals surface area (Å²) >= 11 is 0. The van der Waals surface area contributed by atoms with Crippen molar-refractivity contribution >= 4 is 5.91 Å². The molecule has 1 rings (SSSR count). The molecule has 1 fully saturated rings. The smallest absolute Gasteiger partial charge is 0.223 e. The van der Waals surface area contributed by atoms with Crippen molar-refractivity contribution in [3.63, 3.8) is 0 Å². The van der Waals surface area contributed by atoms with Crippen molar-refractivity contribution in [1.29, 1.82) is 0 Å². The quantitative estimate of drug-likeness (QED) is 0.807. The molecule has 0 saturated carbocycles. The molecule has 1 aliphatic rings. The zero-order valence-electron chi connectivity index (χ0n) is 11.6. The Kier molecular flexibility index (Phi) is 5.40. The number of nitrogens with zero attached hydrogens (tertiary/aromatic N) is 1. The number of amides is 1. The van der Waals surface area contributed by atoms with E-state index in [0.717, 1.165) is 26.1 Å². The van der Waals surface area contributed by atoms with E-state index in [4.69, 9.17) is 4.74 Å². The molecule has 1 unspecified atom stereocenters. The van der Waals surface area contributed by atoms with Crippen LogP contribution < -0.4 is 5.32 Å². The van der Waals surface area contributed by atoms with E-state index in [1.54, 1.807) is 0 Å². The standard InChI is InChI=1S/C13H26N2O2/c1-13(2,3)5-7-15(4)12(16)9-11-10-17-8-6-14-11/h11,14H,5-10H2,1-4H3. The van der Waals surface area contributed by atoms with E-state index in [9.17, 15) is 4.79 Å². The lowest BCUT2D eigenvalue weighted by Crippen LogP contribution is -2.44. The average Bonchev–Trinajstić information content (AvgIpc) is 2.26. The van der Waals surface area contributed by atoms with Crippen LogP contribution >= 0.6 is 0 Å². The Balaban J connectivity index is 2.26. The molecule has 1 N–H and O–H groups in total. The van der Waals surface area contributed by atoms with Crippen LogP contribution in [0.15, 0.2) is 0 Å². The average molecular weight is 242 g/mol. The topological polar surface area (TPSA) is 41.6 Å². The number of ether oxygens (including phenoxy) is 1. The molecule has 1 amide bonds. The lowest BCUT2D eigenvalue weighted by Gasteiger charge is -2.27. The molecule has 1 heterocycles. The molecule has 0 aliphatic carbocycles. The number of morpholine rings is 1. The summed E-state index contributed by atoms with van der Waals surface area (Å²) in [6.07, 6.45) is 1.57. The molecule has 1 saturated heterocycles. The molecular formula is C13H26N2O2. The van der Waals surface area contributed by atoms with Gasteiger partial charge >= 0.3 is 0 Å². The third-order valence-corrected chi connectivity index (χ3v) is 3.04. The van der Waals surface area contributed by atoms with Crippen LogP contribution in [-0.2, 0) is 9.53 Å². The van der Waals surface area contributed by atoms with Gasteiger partial charge in [-0.1, -0.05) is 20.8 Å². The molecule has 4 nitrogen and oxygen atoms in total. The Morgan fingerprint density at radius 1 is 1.47 bits per heavy atom.